The molecule has 0 aliphatic heterocycles. The molecule has 0 saturated heterocycles. The Hall–Kier alpha value is -1.87. The summed E-state index contributed by atoms with van der Waals surface area (Å²) in [4.78, 5) is 7.84. The van der Waals surface area contributed by atoms with Gasteiger partial charge >= 0.3 is 0 Å². The number of nitrogens with zero attached hydrogens (tertiary/aromatic N) is 2. The second-order valence-corrected chi connectivity index (χ2v) is 3.73. The van der Waals surface area contributed by atoms with Gasteiger partial charge in [0, 0.05) is 17.8 Å². The van der Waals surface area contributed by atoms with Gasteiger partial charge in [0.15, 0.2) is 0 Å². The van der Waals surface area contributed by atoms with Crippen molar-refractivity contribution in [3.63, 3.8) is 0 Å². The Morgan fingerprint density at radius 3 is 2.56 bits per heavy atom. The third-order valence-electron chi connectivity index (χ3n) is 2.33. The second-order valence-electron chi connectivity index (χ2n) is 3.39. The fraction of sp³-hybridized carbons (Fsp3) is 0. The van der Waals surface area contributed by atoms with E-state index in [1.807, 2.05) is 30.3 Å². The van der Waals surface area contributed by atoms with Crippen molar-refractivity contribution in [3.8, 4) is 11.3 Å². The van der Waals surface area contributed by atoms with Crippen LogP contribution in [-0.4, -0.2) is 9.97 Å². The fourth-order valence-corrected chi connectivity index (χ4v) is 1.66. The van der Waals surface area contributed by atoms with Gasteiger partial charge in [-0.1, -0.05) is 18.2 Å². The topological polar surface area (TPSA) is 38.9 Å². The summed E-state index contributed by atoms with van der Waals surface area (Å²) in [6, 6.07) is 9.80. The van der Waals surface area contributed by atoms with Gasteiger partial charge in [-0.05, 0) is 23.7 Å². The lowest BCUT2D eigenvalue weighted by atomic mass is 10.2. The van der Waals surface area contributed by atoms with Crippen molar-refractivity contribution >= 4 is 22.6 Å². The van der Waals surface area contributed by atoms with Crippen LogP contribution >= 0.6 is 11.6 Å². The van der Waals surface area contributed by atoms with Gasteiger partial charge in [-0.3, -0.25) is 0 Å². The maximum absolute atomic E-state index is 5.67. The fourth-order valence-electron chi connectivity index (χ4n) is 1.56. The number of hydrogen-bond acceptors (Lipinski definition) is 3. The average Bonchev–Trinajstić information content (AvgIpc) is 2.73. The van der Waals surface area contributed by atoms with Gasteiger partial charge in [-0.25, -0.2) is 9.97 Å². The van der Waals surface area contributed by atoms with Crippen molar-refractivity contribution in [2.45, 2.75) is 0 Å². The average molecular weight is 231 g/mol. The lowest BCUT2D eigenvalue weighted by Crippen LogP contribution is -1.81. The molecule has 3 nitrogen and oxygen atoms in total. The van der Waals surface area contributed by atoms with Crippen LogP contribution in [-0.2, 0) is 0 Å². The molecule has 0 atom stereocenters. The monoisotopic (exact) mass is 230 g/mol. The minimum atomic E-state index is 0.236. The van der Waals surface area contributed by atoms with E-state index < -0.39 is 0 Å². The summed E-state index contributed by atoms with van der Waals surface area (Å²) in [7, 11) is 0. The van der Waals surface area contributed by atoms with Gasteiger partial charge in [0.05, 0.1) is 5.56 Å². The van der Waals surface area contributed by atoms with Crippen LogP contribution in [0.25, 0.3) is 22.3 Å². The predicted octanol–water partition coefficient (Wildman–Crippen LogP) is 3.54. The van der Waals surface area contributed by atoms with Gasteiger partial charge in [0.25, 0.3) is 0 Å². The van der Waals surface area contributed by atoms with E-state index in [1.165, 1.54) is 0 Å². The molecule has 2 aromatic heterocycles. The van der Waals surface area contributed by atoms with Gasteiger partial charge < -0.3 is 4.42 Å². The Morgan fingerprint density at radius 1 is 1.06 bits per heavy atom. The van der Waals surface area contributed by atoms with Crippen LogP contribution < -0.4 is 0 Å². The Morgan fingerprint density at radius 2 is 1.81 bits per heavy atom. The molecule has 0 amide bonds. The predicted molar refractivity (Wildman–Crippen MR) is 62.3 cm³/mol. The number of hydrogen-bond donors (Lipinski definition) is 0. The molecule has 0 aliphatic carbocycles. The highest BCUT2D eigenvalue weighted by Gasteiger charge is 2.06. The number of rotatable bonds is 1. The van der Waals surface area contributed by atoms with Crippen LogP contribution in [0.3, 0.4) is 0 Å². The Labute approximate surface area is 96.7 Å². The molecule has 3 rings (SSSR count). The van der Waals surface area contributed by atoms with E-state index in [4.69, 9.17) is 16.0 Å². The molecule has 0 bridgehead atoms. The largest absolute Gasteiger partial charge is 0.456 e. The third-order valence-corrected chi connectivity index (χ3v) is 2.53. The quantitative estimate of drug-likeness (QED) is 0.600. The van der Waals surface area contributed by atoms with Crippen LogP contribution in [0, 0.1) is 0 Å². The molecule has 2 heterocycles. The van der Waals surface area contributed by atoms with Gasteiger partial charge in [0.1, 0.15) is 11.3 Å². The van der Waals surface area contributed by atoms with Gasteiger partial charge in [-0.2, -0.15) is 0 Å². The van der Waals surface area contributed by atoms with Crippen molar-refractivity contribution < 1.29 is 4.42 Å². The highest BCUT2D eigenvalue weighted by molar-refractivity contribution is 6.28. The first kappa shape index (κ1) is 9.36. The highest BCUT2D eigenvalue weighted by atomic mass is 35.5. The zero-order valence-electron chi connectivity index (χ0n) is 8.22. The van der Waals surface area contributed by atoms with E-state index in [9.17, 15) is 0 Å². The number of halogens is 1. The standard InChI is InChI=1S/C12H7ClN2O/c13-12-14-6-9(7-15-12)11-5-8-3-1-2-4-10(8)16-11/h1-7H. The summed E-state index contributed by atoms with van der Waals surface area (Å²) < 4.78 is 5.67. The maximum Gasteiger partial charge on any atom is 0.222 e. The Balaban J connectivity index is 2.15. The Bertz CT molecular complexity index is 598. The number of para-hydroxylation sites is 1. The van der Waals surface area contributed by atoms with E-state index >= 15 is 0 Å². The molecule has 1 aromatic carbocycles. The number of fused-ring (bicyclic) bond motifs is 1. The summed E-state index contributed by atoms with van der Waals surface area (Å²) in [5.74, 6) is 0.748. The number of aromatic nitrogens is 2. The minimum Gasteiger partial charge on any atom is -0.456 e. The highest BCUT2D eigenvalue weighted by Crippen LogP contribution is 2.26. The molecule has 0 aliphatic rings. The second kappa shape index (κ2) is 3.61. The van der Waals surface area contributed by atoms with Crippen molar-refractivity contribution in [1.82, 2.24) is 9.97 Å². The van der Waals surface area contributed by atoms with E-state index in [0.29, 0.717) is 0 Å². The normalized spacial score (nSPS) is 10.8. The Kier molecular flexibility index (Phi) is 2.11. The smallest absolute Gasteiger partial charge is 0.222 e. The van der Waals surface area contributed by atoms with Gasteiger partial charge in [0.2, 0.25) is 5.28 Å². The van der Waals surface area contributed by atoms with E-state index in [0.717, 1.165) is 22.3 Å². The van der Waals surface area contributed by atoms with E-state index in [2.05, 4.69) is 9.97 Å². The zero-order chi connectivity index (χ0) is 11.0. The van der Waals surface area contributed by atoms with Crippen molar-refractivity contribution in [2.75, 3.05) is 0 Å². The van der Waals surface area contributed by atoms with Gasteiger partial charge in [-0.15, -0.1) is 0 Å². The molecule has 3 aromatic rings. The SMILES string of the molecule is Clc1ncc(-c2cc3ccccc3o2)cn1. The molecule has 0 spiro atoms. The van der Waals surface area contributed by atoms with Crippen molar-refractivity contribution in [3.05, 3.63) is 48.0 Å². The molecule has 16 heavy (non-hydrogen) atoms. The minimum absolute atomic E-state index is 0.236. The van der Waals surface area contributed by atoms with Crippen LogP contribution in [0.15, 0.2) is 47.1 Å². The molecule has 0 saturated carbocycles. The molecule has 0 N–H and O–H groups in total. The van der Waals surface area contributed by atoms with Crippen LogP contribution in [0.5, 0.6) is 0 Å². The lowest BCUT2D eigenvalue weighted by molar-refractivity contribution is 0.631. The molecule has 0 radical (unpaired) electrons. The van der Waals surface area contributed by atoms with E-state index in [-0.39, 0.29) is 5.28 Å². The molecule has 0 unspecified atom stereocenters. The molecular formula is C12H7ClN2O. The summed E-state index contributed by atoms with van der Waals surface area (Å²) in [6.45, 7) is 0. The first-order valence-corrected chi connectivity index (χ1v) is 5.17. The summed E-state index contributed by atoms with van der Waals surface area (Å²) >= 11 is 5.62. The van der Waals surface area contributed by atoms with Crippen LogP contribution in [0.4, 0.5) is 0 Å². The summed E-state index contributed by atoms with van der Waals surface area (Å²) in [5.41, 5.74) is 1.67. The first-order valence-electron chi connectivity index (χ1n) is 4.79. The maximum atomic E-state index is 5.67. The first-order chi connectivity index (χ1) is 7.83. The molecular weight excluding hydrogens is 224 g/mol. The summed E-state index contributed by atoms with van der Waals surface area (Å²) in [5, 5.41) is 1.30. The summed E-state index contributed by atoms with van der Waals surface area (Å²) in [6.07, 6.45) is 3.29. The van der Waals surface area contributed by atoms with Crippen molar-refractivity contribution in [2.24, 2.45) is 0 Å². The third kappa shape index (κ3) is 1.55. The molecule has 4 heteroatoms. The molecule has 78 valence electrons. The lowest BCUT2D eigenvalue weighted by Gasteiger charge is -1.93. The van der Waals surface area contributed by atoms with Crippen LogP contribution in [0.2, 0.25) is 5.28 Å². The number of furan rings is 1. The molecule has 0 fully saturated rings. The number of benzene rings is 1. The van der Waals surface area contributed by atoms with Crippen molar-refractivity contribution in [1.29, 1.82) is 0 Å². The zero-order valence-corrected chi connectivity index (χ0v) is 8.98. The van der Waals surface area contributed by atoms with E-state index in [1.54, 1.807) is 12.4 Å². The van der Waals surface area contributed by atoms with Crippen LogP contribution in [0.1, 0.15) is 0 Å².